The van der Waals surface area contributed by atoms with Gasteiger partial charge in [-0.05, 0) is 43.7 Å². The van der Waals surface area contributed by atoms with Gasteiger partial charge >= 0.3 is 0 Å². The zero-order chi connectivity index (χ0) is 20.6. The van der Waals surface area contributed by atoms with Crippen molar-refractivity contribution in [3.05, 3.63) is 65.2 Å². The van der Waals surface area contributed by atoms with Gasteiger partial charge in [-0.1, -0.05) is 42.0 Å². The molecular weight excluding hydrogens is 362 g/mol. The molecule has 1 amide bonds. The van der Waals surface area contributed by atoms with E-state index in [1.165, 1.54) is 11.1 Å². The number of likely N-dealkylation sites (N-methyl/N-ethyl adjacent to an activating group) is 1. The molecule has 156 valence electrons. The molecule has 0 spiro atoms. The van der Waals surface area contributed by atoms with Gasteiger partial charge in [0.05, 0.1) is 13.2 Å². The van der Waals surface area contributed by atoms with Crippen molar-refractivity contribution in [1.82, 2.24) is 15.1 Å². The fraction of sp³-hybridized carbons (Fsp3) is 0.458. The number of nitrogens with zero attached hydrogens (tertiary/aromatic N) is 2. The first kappa shape index (κ1) is 21.3. The molecule has 1 heterocycles. The van der Waals surface area contributed by atoms with Gasteiger partial charge < -0.3 is 15.0 Å². The number of rotatable bonds is 8. The lowest BCUT2D eigenvalue weighted by molar-refractivity contribution is -0.121. The van der Waals surface area contributed by atoms with Crippen LogP contribution in [-0.2, 0) is 11.2 Å². The van der Waals surface area contributed by atoms with Crippen LogP contribution in [0.1, 0.15) is 29.2 Å². The van der Waals surface area contributed by atoms with Gasteiger partial charge in [-0.3, -0.25) is 9.69 Å². The highest BCUT2D eigenvalue weighted by Gasteiger charge is 2.24. The van der Waals surface area contributed by atoms with Crippen LogP contribution in [0.5, 0.6) is 5.75 Å². The van der Waals surface area contributed by atoms with Gasteiger partial charge in [-0.25, -0.2) is 0 Å². The molecule has 0 aliphatic carbocycles. The molecule has 5 heteroatoms. The second-order valence-corrected chi connectivity index (χ2v) is 7.92. The van der Waals surface area contributed by atoms with Gasteiger partial charge in [0, 0.05) is 39.1 Å². The van der Waals surface area contributed by atoms with Gasteiger partial charge in [-0.15, -0.1) is 0 Å². The van der Waals surface area contributed by atoms with Crippen LogP contribution in [0.15, 0.2) is 48.5 Å². The summed E-state index contributed by atoms with van der Waals surface area (Å²) in [5.41, 5.74) is 3.68. The Labute approximate surface area is 174 Å². The maximum absolute atomic E-state index is 12.5. The molecule has 1 fully saturated rings. The number of amides is 1. The number of nitrogens with one attached hydrogen (secondary N) is 1. The number of hydrogen-bond acceptors (Lipinski definition) is 4. The van der Waals surface area contributed by atoms with Crippen molar-refractivity contribution < 1.29 is 9.53 Å². The molecule has 1 atom stereocenters. The molecular formula is C24H33N3O2. The monoisotopic (exact) mass is 395 g/mol. The maximum atomic E-state index is 12.5. The lowest BCUT2D eigenvalue weighted by Crippen LogP contribution is -2.48. The van der Waals surface area contributed by atoms with E-state index in [1.54, 1.807) is 7.11 Å². The lowest BCUT2D eigenvalue weighted by atomic mass is 10.0. The number of ether oxygens (including phenoxy) is 1. The third kappa shape index (κ3) is 6.31. The largest absolute Gasteiger partial charge is 0.497 e. The third-order valence-corrected chi connectivity index (χ3v) is 5.73. The normalized spacial score (nSPS) is 16.4. The number of benzene rings is 2. The Kier molecular flexibility index (Phi) is 7.67. The average Bonchev–Trinajstić information content (AvgIpc) is 2.75. The van der Waals surface area contributed by atoms with Crippen LogP contribution in [0.4, 0.5) is 0 Å². The summed E-state index contributed by atoms with van der Waals surface area (Å²) in [5, 5.41) is 3.18. The summed E-state index contributed by atoms with van der Waals surface area (Å²) in [5.74, 6) is 0.943. The first-order chi connectivity index (χ1) is 14.0. The van der Waals surface area contributed by atoms with Crippen LogP contribution in [0.25, 0.3) is 0 Å². The highest BCUT2D eigenvalue weighted by molar-refractivity contribution is 5.76. The van der Waals surface area contributed by atoms with Crippen molar-refractivity contribution in [3.8, 4) is 5.75 Å². The predicted octanol–water partition coefficient (Wildman–Crippen LogP) is 3.04. The first-order valence-corrected chi connectivity index (χ1v) is 10.4. The van der Waals surface area contributed by atoms with Crippen molar-refractivity contribution in [2.24, 2.45) is 0 Å². The summed E-state index contributed by atoms with van der Waals surface area (Å²) < 4.78 is 5.19. The van der Waals surface area contributed by atoms with E-state index < -0.39 is 0 Å². The molecule has 1 N–H and O–H groups in total. The summed E-state index contributed by atoms with van der Waals surface area (Å²) in [4.78, 5) is 17.4. The van der Waals surface area contributed by atoms with Gasteiger partial charge in [0.2, 0.25) is 5.91 Å². The Balaban J connectivity index is 1.56. The second-order valence-electron chi connectivity index (χ2n) is 7.92. The Bertz CT molecular complexity index is 766. The molecule has 1 aliphatic heterocycles. The molecule has 0 bridgehead atoms. The van der Waals surface area contributed by atoms with Gasteiger partial charge in [0.25, 0.3) is 0 Å². The smallest absolute Gasteiger partial charge is 0.220 e. The van der Waals surface area contributed by atoms with Crippen molar-refractivity contribution in [2.45, 2.75) is 25.8 Å². The van der Waals surface area contributed by atoms with E-state index in [9.17, 15) is 4.79 Å². The maximum Gasteiger partial charge on any atom is 0.220 e. The number of carbonyl (C=O) groups is 1. The van der Waals surface area contributed by atoms with Crippen LogP contribution in [0, 0.1) is 6.92 Å². The van der Waals surface area contributed by atoms with E-state index in [-0.39, 0.29) is 11.9 Å². The number of piperazine rings is 1. The van der Waals surface area contributed by atoms with E-state index in [0.29, 0.717) is 13.0 Å². The highest BCUT2D eigenvalue weighted by atomic mass is 16.5. The van der Waals surface area contributed by atoms with Crippen molar-refractivity contribution in [2.75, 3.05) is 46.9 Å². The zero-order valence-electron chi connectivity index (χ0n) is 17.9. The third-order valence-electron chi connectivity index (χ3n) is 5.73. The SMILES string of the molecule is COc1ccc(CCC(=O)NCC(c2ccc(C)cc2)N2CCN(C)CC2)cc1. The predicted molar refractivity (Wildman–Crippen MR) is 117 cm³/mol. The quantitative estimate of drug-likeness (QED) is 0.746. The summed E-state index contributed by atoms with van der Waals surface area (Å²) in [7, 11) is 3.83. The Morgan fingerprint density at radius 3 is 2.31 bits per heavy atom. The molecule has 0 radical (unpaired) electrons. The molecule has 0 saturated carbocycles. The number of aryl methyl sites for hydroxylation is 2. The lowest BCUT2D eigenvalue weighted by Gasteiger charge is -2.38. The average molecular weight is 396 g/mol. The van der Waals surface area contributed by atoms with Crippen LogP contribution in [0.2, 0.25) is 0 Å². The van der Waals surface area contributed by atoms with E-state index in [4.69, 9.17) is 4.74 Å². The Hall–Kier alpha value is -2.37. The van der Waals surface area contributed by atoms with Crippen LogP contribution in [-0.4, -0.2) is 62.6 Å². The number of hydrogen-bond donors (Lipinski definition) is 1. The number of carbonyl (C=O) groups excluding carboxylic acids is 1. The van der Waals surface area contributed by atoms with E-state index in [1.807, 2.05) is 24.3 Å². The van der Waals surface area contributed by atoms with Gasteiger partial charge in [0.15, 0.2) is 0 Å². The Morgan fingerprint density at radius 2 is 1.69 bits per heavy atom. The molecule has 0 aromatic heterocycles. The first-order valence-electron chi connectivity index (χ1n) is 10.4. The molecule has 3 rings (SSSR count). The van der Waals surface area contributed by atoms with Crippen molar-refractivity contribution >= 4 is 5.91 Å². The molecule has 1 aliphatic rings. The summed E-state index contributed by atoms with van der Waals surface area (Å²) in [6.07, 6.45) is 1.23. The van der Waals surface area contributed by atoms with Gasteiger partial charge in [0.1, 0.15) is 5.75 Å². The standard InChI is InChI=1S/C24H33N3O2/c1-19-4-9-21(10-5-19)23(27-16-14-26(2)15-17-27)18-25-24(28)13-8-20-6-11-22(29-3)12-7-20/h4-7,9-12,23H,8,13-18H2,1-3H3,(H,25,28). The van der Waals surface area contributed by atoms with E-state index in [2.05, 4.69) is 53.4 Å². The molecule has 29 heavy (non-hydrogen) atoms. The van der Waals surface area contributed by atoms with Crippen LogP contribution < -0.4 is 10.1 Å². The van der Waals surface area contributed by atoms with Crippen molar-refractivity contribution in [1.29, 1.82) is 0 Å². The van der Waals surface area contributed by atoms with E-state index in [0.717, 1.165) is 43.9 Å². The highest BCUT2D eigenvalue weighted by Crippen LogP contribution is 2.22. The fourth-order valence-corrected chi connectivity index (χ4v) is 3.73. The van der Waals surface area contributed by atoms with Crippen LogP contribution in [0.3, 0.4) is 0 Å². The Morgan fingerprint density at radius 1 is 1.03 bits per heavy atom. The topological polar surface area (TPSA) is 44.8 Å². The van der Waals surface area contributed by atoms with Gasteiger partial charge in [-0.2, -0.15) is 0 Å². The molecule has 5 nitrogen and oxygen atoms in total. The molecule has 2 aromatic rings. The summed E-state index contributed by atoms with van der Waals surface area (Å²) in [6, 6.07) is 16.8. The summed E-state index contributed by atoms with van der Waals surface area (Å²) >= 11 is 0. The molecule has 1 unspecified atom stereocenters. The zero-order valence-corrected chi connectivity index (χ0v) is 17.9. The molecule has 1 saturated heterocycles. The summed E-state index contributed by atoms with van der Waals surface area (Å²) in [6.45, 7) is 6.93. The van der Waals surface area contributed by atoms with E-state index >= 15 is 0 Å². The molecule has 2 aromatic carbocycles. The fourth-order valence-electron chi connectivity index (χ4n) is 3.73. The van der Waals surface area contributed by atoms with Crippen molar-refractivity contribution in [3.63, 3.8) is 0 Å². The van der Waals surface area contributed by atoms with Crippen LogP contribution >= 0.6 is 0 Å². The minimum absolute atomic E-state index is 0.104. The minimum atomic E-state index is 0.104. The minimum Gasteiger partial charge on any atom is -0.497 e. The number of methoxy groups -OCH3 is 1. The second kappa shape index (κ2) is 10.4.